The Balaban J connectivity index is 0.00000162. The zero-order chi connectivity index (χ0) is 12.1. The van der Waals surface area contributed by atoms with Crippen LogP contribution in [0.2, 0.25) is 5.02 Å². The molecule has 0 heterocycles. The van der Waals surface area contributed by atoms with Crippen molar-refractivity contribution in [2.75, 3.05) is 0 Å². The fourth-order valence-corrected chi connectivity index (χ4v) is 1.86. The van der Waals surface area contributed by atoms with Crippen LogP contribution in [0.4, 0.5) is 0 Å². The third-order valence-corrected chi connectivity index (χ3v) is 3.19. The van der Waals surface area contributed by atoms with Crippen molar-refractivity contribution in [3.05, 3.63) is 76.6 Å². The normalized spacial score (nSPS) is 9.79. The second-order valence-corrected chi connectivity index (χ2v) is 4.82. The molecule has 0 amide bonds. The smallest absolute Gasteiger partial charge is 0.358 e. The maximum Gasteiger partial charge on any atom is 2.00 e. The van der Waals surface area contributed by atoms with Gasteiger partial charge in [0.05, 0.1) is 6.54 Å². The Labute approximate surface area is 142 Å². The Bertz CT molecular complexity index is 526. The van der Waals surface area contributed by atoms with Gasteiger partial charge in [0.2, 0.25) is 0 Å². The summed E-state index contributed by atoms with van der Waals surface area (Å²) in [6.07, 6.45) is 1.82. The number of benzene rings is 2. The van der Waals surface area contributed by atoms with Gasteiger partial charge in [-0.25, -0.2) is 0 Å². The minimum atomic E-state index is 0. The van der Waals surface area contributed by atoms with Crippen molar-refractivity contribution in [1.82, 2.24) is 0 Å². The predicted molar refractivity (Wildman–Crippen MR) is 82.1 cm³/mol. The van der Waals surface area contributed by atoms with E-state index in [4.69, 9.17) is 11.6 Å². The molecule has 4 heteroatoms. The minimum Gasteiger partial charge on any atom is -0.358 e. The van der Waals surface area contributed by atoms with Gasteiger partial charge < -0.3 is 12.4 Å². The van der Waals surface area contributed by atoms with E-state index in [1.165, 1.54) is 0 Å². The summed E-state index contributed by atoms with van der Waals surface area (Å²) in [5, 5.41) is 0.747. The van der Waals surface area contributed by atoms with Crippen LogP contribution in [0.15, 0.2) is 51.9 Å². The fraction of sp³-hybridized carbons (Fsp3) is 0.0667. The van der Waals surface area contributed by atoms with Crippen LogP contribution in [0.3, 0.4) is 0 Å². The maximum absolute atomic E-state index is 5.81. The first-order valence-electron chi connectivity index (χ1n) is 5.16. The number of hydrogen-bond acceptors (Lipinski definition) is 1. The fourth-order valence-electron chi connectivity index (χ4n) is 1.36. The SMILES string of the molecule is Clc1ccc(CN=Cc2[c-]cccc2Br)cc1.[CH3-].[Pt+2]. The van der Waals surface area contributed by atoms with Gasteiger partial charge in [-0.05, 0) is 17.7 Å². The average Bonchev–Trinajstić information content (AvgIpc) is 2.34. The Hall–Kier alpha value is -0.432. The molecule has 0 aliphatic heterocycles. The molecule has 0 saturated heterocycles. The summed E-state index contributed by atoms with van der Waals surface area (Å²) in [6, 6.07) is 16.6. The zero-order valence-corrected chi connectivity index (χ0v) is 15.0. The standard InChI is InChI=1S/C14H10BrClN.CH3.Pt/c15-14-4-2-1-3-12(14)10-17-9-11-5-7-13(16)8-6-11;;/h1-2,4-8,10H,9H2;1H3;/q2*-1;+2. The summed E-state index contributed by atoms with van der Waals surface area (Å²) in [6.45, 7) is 0.645. The molecule has 19 heavy (non-hydrogen) atoms. The first-order chi connectivity index (χ1) is 8.25. The molecule has 0 spiro atoms. The number of aliphatic imine (C=N–C) groups is 1. The number of hydrogen-bond donors (Lipinski definition) is 0. The molecule has 0 saturated carbocycles. The van der Waals surface area contributed by atoms with Crippen LogP contribution in [0.5, 0.6) is 0 Å². The van der Waals surface area contributed by atoms with Crippen molar-refractivity contribution in [2.24, 2.45) is 4.99 Å². The topological polar surface area (TPSA) is 12.4 Å². The first kappa shape index (κ1) is 18.6. The molecule has 1 nitrogen and oxygen atoms in total. The molecule has 0 N–H and O–H groups in total. The molecule has 0 bridgehead atoms. The van der Waals surface area contributed by atoms with Gasteiger partial charge in [0.1, 0.15) is 0 Å². The molecule has 0 aromatic heterocycles. The van der Waals surface area contributed by atoms with Crippen LogP contribution in [0, 0.1) is 13.5 Å². The van der Waals surface area contributed by atoms with Crippen LogP contribution in [0.25, 0.3) is 0 Å². The Morgan fingerprint density at radius 2 is 1.89 bits per heavy atom. The van der Waals surface area contributed by atoms with Gasteiger partial charge >= 0.3 is 21.1 Å². The number of halogens is 2. The van der Waals surface area contributed by atoms with Crippen molar-refractivity contribution < 1.29 is 21.1 Å². The van der Waals surface area contributed by atoms with E-state index in [0.717, 1.165) is 20.6 Å². The molecule has 2 aromatic rings. The van der Waals surface area contributed by atoms with Gasteiger partial charge in [-0.3, -0.25) is 0 Å². The molecule has 0 radical (unpaired) electrons. The van der Waals surface area contributed by atoms with Gasteiger partial charge in [-0.1, -0.05) is 34.4 Å². The van der Waals surface area contributed by atoms with Crippen LogP contribution in [0.1, 0.15) is 11.1 Å². The molecule has 0 atom stereocenters. The maximum atomic E-state index is 5.81. The van der Waals surface area contributed by atoms with Gasteiger partial charge in [-0.15, -0.1) is 45.8 Å². The van der Waals surface area contributed by atoms with E-state index >= 15 is 0 Å². The second kappa shape index (κ2) is 9.47. The van der Waals surface area contributed by atoms with E-state index in [1.54, 1.807) is 0 Å². The van der Waals surface area contributed by atoms with Gasteiger partial charge in [0, 0.05) is 5.02 Å². The van der Waals surface area contributed by atoms with E-state index < -0.39 is 0 Å². The molecule has 0 fully saturated rings. The van der Waals surface area contributed by atoms with Crippen LogP contribution < -0.4 is 0 Å². The van der Waals surface area contributed by atoms with E-state index in [9.17, 15) is 0 Å². The van der Waals surface area contributed by atoms with E-state index in [-0.39, 0.29) is 28.5 Å². The Kier molecular flexibility index (Phi) is 9.25. The van der Waals surface area contributed by atoms with Crippen molar-refractivity contribution in [1.29, 1.82) is 0 Å². The zero-order valence-electron chi connectivity index (χ0n) is 10.3. The van der Waals surface area contributed by atoms with Crippen molar-refractivity contribution >= 4 is 33.7 Å². The summed E-state index contributed by atoms with van der Waals surface area (Å²) < 4.78 is 1.000. The Morgan fingerprint density at radius 1 is 1.21 bits per heavy atom. The number of nitrogens with zero attached hydrogens (tertiary/aromatic N) is 1. The van der Waals surface area contributed by atoms with E-state index in [0.29, 0.717) is 6.54 Å². The van der Waals surface area contributed by atoms with Crippen molar-refractivity contribution in [2.45, 2.75) is 6.54 Å². The third kappa shape index (κ3) is 6.03. The number of rotatable bonds is 3. The molecular weight excluding hydrogens is 505 g/mol. The van der Waals surface area contributed by atoms with Gasteiger partial charge in [-0.2, -0.15) is 0 Å². The monoisotopic (exact) mass is 516 g/mol. The first-order valence-corrected chi connectivity index (χ1v) is 6.33. The minimum absolute atomic E-state index is 0. The van der Waals surface area contributed by atoms with Gasteiger partial charge in [0.15, 0.2) is 0 Å². The van der Waals surface area contributed by atoms with Gasteiger partial charge in [0.25, 0.3) is 0 Å². The molecule has 102 valence electrons. The largest absolute Gasteiger partial charge is 2.00 e. The van der Waals surface area contributed by atoms with E-state index in [1.807, 2.05) is 48.7 Å². The molecule has 2 aromatic carbocycles. The van der Waals surface area contributed by atoms with Crippen LogP contribution >= 0.6 is 27.5 Å². The summed E-state index contributed by atoms with van der Waals surface area (Å²) >= 11 is 9.27. The van der Waals surface area contributed by atoms with Crippen LogP contribution in [-0.4, -0.2) is 6.21 Å². The average molecular weight is 518 g/mol. The van der Waals surface area contributed by atoms with Crippen LogP contribution in [-0.2, 0) is 27.6 Å². The predicted octanol–water partition coefficient (Wildman–Crippen LogP) is 4.97. The Morgan fingerprint density at radius 3 is 2.53 bits per heavy atom. The summed E-state index contributed by atoms with van der Waals surface area (Å²) in [4.78, 5) is 4.37. The molecule has 0 aliphatic rings. The second-order valence-electron chi connectivity index (χ2n) is 3.53. The molecule has 0 unspecified atom stereocenters. The summed E-state index contributed by atoms with van der Waals surface area (Å²) in [7, 11) is 0. The quantitative estimate of drug-likeness (QED) is 0.403. The van der Waals surface area contributed by atoms with E-state index in [2.05, 4.69) is 27.0 Å². The molecular formula is C15H13BrClNPt. The molecule has 2 rings (SSSR count). The molecule has 0 aliphatic carbocycles. The third-order valence-electron chi connectivity index (χ3n) is 2.24. The van der Waals surface area contributed by atoms with Crippen molar-refractivity contribution in [3.8, 4) is 0 Å². The summed E-state index contributed by atoms with van der Waals surface area (Å²) in [5.74, 6) is 0. The summed E-state index contributed by atoms with van der Waals surface area (Å²) in [5.41, 5.74) is 2.10. The van der Waals surface area contributed by atoms with Crippen molar-refractivity contribution in [3.63, 3.8) is 0 Å².